The SMILES string of the molecule is O=c1c(=Cc2ccco2)sc2n1CN(c1cccc([N+](=O)[O-])c1)CN=2. The van der Waals surface area contributed by atoms with E-state index in [1.54, 1.807) is 41.2 Å². The first-order valence-corrected chi connectivity index (χ1v) is 8.22. The number of nitro benzene ring substituents is 1. The van der Waals surface area contributed by atoms with Gasteiger partial charge in [-0.3, -0.25) is 19.5 Å². The van der Waals surface area contributed by atoms with Crippen LogP contribution < -0.4 is 19.8 Å². The Hall–Kier alpha value is -3.20. The molecular formula is C16H12N4O4S. The van der Waals surface area contributed by atoms with E-state index in [-0.39, 0.29) is 11.2 Å². The van der Waals surface area contributed by atoms with Crippen molar-refractivity contribution in [2.45, 2.75) is 6.67 Å². The number of thiazole rings is 1. The second kappa shape index (κ2) is 6.02. The van der Waals surface area contributed by atoms with E-state index in [0.717, 1.165) is 0 Å². The number of anilines is 1. The Labute approximate surface area is 144 Å². The number of nitrogens with zero attached hydrogens (tertiary/aromatic N) is 4. The summed E-state index contributed by atoms with van der Waals surface area (Å²) in [6.45, 7) is 0.628. The number of hydrogen-bond acceptors (Lipinski definition) is 7. The predicted octanol–water partition coefficient (Wildman–Crippen LogP) is 1.29. The summed E-state index contributed by atoms with van der Waals surface area (Å²) in [5.41, 5.74) is 0.501. The Morgan fingerprint density at radius 3 is 2.96 bits per heavy atom. The fourth-order valence-electron chi connectivity index (χ4n) is 2.58. The van der Waals surface area contributed by atoms with Crippen LogP contribution in [0.3, 0.4) is 0 Å². The van der Waals surface area contributed by atoms with Crippen LogP contribution in [0, 0.1) is 10.1 Å². The number of benzene rings is 1. The van der Waals surface area contributed by atoms with E-state index in [9.17, 15) is 14.9 Å². The maximum absolute atomic E-state index is 12.6. The maximum atomic E-state index is 12.6. The van der Waals surface area contributed by atoms with Gasteiger partial charge in [0.15, 0.2) is 4.80 Å². The fraction of sp³-hybridized carbons (Fsp3) is 0.125. The number of hydrogen-bond donors (Lipinski definition) is 0. The summed E-state index contributed by atoms with van der Waals surface area (Å²) in [6.07, 6.45) is 3.23. The normalized spacial score (nSPS) is 14.2. The average Bonchev–Trinajstić information content (AvgIpc) is 3.24. The first-order valence-electron chi connectivity index (χ1n) is 7.40. The highest BCUT2D eigenvalue weighted by Gasteiger charge is 2.17. The van der Waals surface area contributed by atoms with E-state index in [1.165, 1.54) is 23.5 Å². The maximum Gasteiger partial charge on any atom is 0.271 e. The van der Waals surface area contributed by atoms with Crippen LogP contribution >= 0.6 is 11.3 Å². The molecule has 0 unspecified atom stereocenters. The van der Waals surface area contributed by atoms with Crippen molar-refractivity contribution in [3.05, 3.63) is 78.2 Å². The predicted molar refractivity (Wildman–Crippen MR) is 92.1 cm³/mol. The summed E-state index contributed by atoms with van der Waals surface area (Å²) in [6, 6.07) is 9.83. The molecule has 4 rings (SSSR count). The smallest absolute Gasteiger partial charge is 0.271 e. The lowest BCUT2D eigenvalue weighted by atomic mass is 10.2. The molecule has 0 radical (unpaired) electrons. The van der Waals surface area contributed by atoms with Gasteiger partial charge in [0.25, 0.3) is 11.2 Å². The van der Waals surface area contributed by atoms with Gasteiger partial charge in [-0.1, -0.05) is 17.4 Å². The van der Waals surface area contributed by atoms with Gasteiger partial charge in [0.05, 0.1) is 15.7 Å². The van der Waals surface area contributed by atoms with Crippen molar-refractivity contribution in [1.29, 1.82) is 0 Å². The largest absolute Gasteiger partial charge is 0.465 e. The van der Waals surface area contributed by atoms with Crippen molar-refractivity contribution in [3.8, 4) is 0 Å². The van der Waals surface area contributed by atoms with E-state index in [2.05, 4.69) is 4.99 Å². The van der Waals surface area contributed by atoms with Crippen molar-refractivity contribution in [3.63, 3.8) is 0 Å². The van der Waals surface area contributed by atoms with Crippen LogP contribution in [-0.4, -0.2) is 16.2 Å². The molecule has 9 heteroatoms. The highest BCUT2D eigenvalue weighted by atomic mass is 32.1. The number of aromatic nitrogens is 1. The number of fused-ring (bicyclic) bond motifs is 1. The van der Waals surface area contributed by atoms with Crippen LogP contribution in [0.4, 0.5) is 11.4 Å². The van der Waals surface area contributed by atoms with E-state index in [0.29, 0.717) is 34.1 Å². The molecule has 3 aromatic rings. The van der Waals surface area contributed by atoms with Crippen molar-refractivity contribution in [2.24, 2.45) is 4.99 Å². The second-order valence-electron chi connectivity index (χ2n) is 5.40. The summed E-state index contributed by atoms with van der Waals surface area (Å²) >= 11 is 1.30. The van der Waals surface area contributed by atoms with E-state index >= 15 is 0 Å². The average molecular weight is 356 g/mol. The minimum atomic E-state index is -0.441. The number of furan rings is 1. The van der Waals surface area contributed by atoms with Crippen LogP contribution in [0.2, 0.25) is 0 Å². The van der Waals surface area contributed by atoms with Gasteiger partial charge >= 0.3 is 0 Å². The molecule has 25 heavy (non-hydrogen) atoms. The van der Waals surface area contributed by atoms with Crippen molar-refractivity contribution < 1.29 is 9.34 Å². The lowest BCUT2D eigenvalue weighted by molar-refractivity contribution is -0.384. The van der Waals surface area contributed by atoms with Crippen LogP contribution in [0.15, 0.2) is 56.9 Å². The summed E-state index contributed by atoms with van der Waals surface area (Å²) < 4.78 is 7.34. The highest BCUT2D eigenvalue weighted by Crippen LogP contribution is 2.21. The van der Waals surface area contributed by atoms with E-state index in [1.807, 2.05) is 4.90 Å². The van der Waals surface area contributed by atoms with Gasteiger partial charge in [0.1, 0.15) is 19.1 Å². The lowest BCUT2D eigenvalue weighted by Crippen LogP contribution is -2.42. The van der Waals surface area contributed by atoms with Gasteiger partial charge in [0.2, 0.25) is 0 Å². The third kappa shape index (κ3) is 2.85. The van der Waals surface area contributed by atoms with Gasteiger partial charge in [-0.05, 0) is 18.2 Å². The summed E-state index contributed by atoms with van der Waals surface area (Å²) in [5.74, 6) is 0.604. The molecule has 0 saturated carbocycles. The molecule has 1 aliphatic rings. The summed E-state index contributed by atoms with van der Waals surface area (Å²) in [4.78, 5) is 30.0. The Morgan fingerprint density at radius 1 is 1.32 bits per heavy atom. The molecule has 1 aliphatic heterocycles. The zero-order valence-electron chi connectivity index (χ0n) is 12.9. The topological polar surface area (TPSA) is 93.9 Å². The quantitative estimate of drug-likeness (QED) is 0.521. The molecule has 0 spiro atoms. The highest BCUT2D eigenvalue weighted by molar-refractivity contribution is 7.07. The first-order chi connectivity index (χ1) is 12.1. The molecule has 2 aromatic heterocycles. The molecule has 0 atom stereocenters. The Balaban J connectivity index is 1.71. The molecule has 0 N–H and O–H groups in total. The Bertz CT molecular complexity index is 1110. The van der Waals surface area contributed by atoms with Crippen LogP contribution in [0.1, 0.15) is 5.76 Å². The fourth-order valence-corrected chi connectivity index (χ4v) is 3.52. The van der Waals surface area contributed by atoms with Crippen molar-refractivity contribution in [2.75, 3.05) is 11.6 Å². The van der Waals surface area contributed by atoms with Gasteiger partial charge < -0.3 is 9.32 Å². The van der Waals surface area contributed by atoms with E-state index < -0.39 is 4.92 Å². The van der Waals surface area contributed by atoms with Crippen molar-refractivity contribution >= 4 is 28.8 Å². The zero-order valence-corrected chi connectivity index (χ0v) is 13.7. The molecule has 0 amide bonds. The minimum absolute atomic E-state index is 0.00723. The molecule has 0 bridgehead atoms. The van der Waals surface area contributed by atoms with Crippen LogP contribution in [0.5, 0.6) is 0 Å². The Morgan fingerprint density at radius 2 is 2.20 bits per heavy atom. The molecule has 3 heterocycles. The standard InChI is InChI=1S/C16H12N4O4S/c21-15-14(8-13-5-2-6-24-13)25-16-17-9-18(10-19(15)16)11-3-1-4-12(7-11)20(22)23/h1-8H,9-10H2. The third-order valence-corrected chi connectivity index (χ3v) is 4.84. The number of non-ortho nitro benzene ring substituents is 1. The zero-order chi connectivity index (χ0) is 17.4. The Kier molecular flexibility index (Phi) is 3.69. The number of nitro groups is 1. The van der Waals surface area contributed by atoms with Gasteiger partial charge in [-0.25, -0.2) is 4.99 Å². The number of rotatable bonds is 3. The monoisotopic (exact) mass is 356 g/mol. The minimum Gasteiger partial charge on any atom is -0.465 e. The molecule has 126 valence electrons. The molecule has 0 fully saturated rings. The first kappa shape index (κ1) is 15.3. The summed E-state index contributed by atoms with van der Waals surface area (Å²) in [5, 5.41) is 10.9. The molecule has 1 aromatic carbocycles. The van der Waals surface area contributed by atoms with Crippen molar-refractivity contribution in [1.82, 2.24) is 4.57 Å². The molecule has 8 nitrogen and oxygen atoms in total. The van der Waals surface area contributed by atoms with Gasteiger partial charge in [0, 0.05) is 23.9 Å². The molecule has 0 saturated heterocycles. The molecule has 0 aliphatic carbocycles. The third-order valence-electron chi connectivity index (χ3n) is 3.80. The summed E-state index contributed by atoms with van der Waals surface area (Å²) in [7, 11) is 0. The van der Waals surface area contributed by atoms with Gasteiger partial charge in [-0.15, -0.1) is 0 Å². The van der Waals surface area contributed by atoms with Crippen LogP contribution in [0.25, 0.3) is 6.08 Å². The van der Waals surface area contributed by atoms with Gasteiger partial charge in [-0.2, -0.15) is 0 Å². The van der Waals surface area contributed by atoms with Crippen LogP contribution in [-0.2, 0) is 6.67 Å². The lowest BCUT2D eigenvalue weighted by Gasteiger charge is -2.25. The van der Waals surface area contributed by atoms with E-state index in [4.69, 9.17) is 4.42 Å². The second-order valence-corrected chi connectivity index (χ2v) is 6.41. The molecular weight excluding hydrogens is 344 g/mol.